The summed E-state index contributed by atoms with van der Waals surface area (Å²) in [7, 11) is 1.44. The van der Waals surface area contributed by atoms with E-state index in [-0.39, 0.29) is 32.0 Å². The second-order valence-corrected chi connectivity index (χ2v) is 22.8. The Balaban J connectivity index is 4.20. The van der Waals surface area contributed by atoms with Crippen molar-refractivity contribution in [3.63, 3.8) is 0 Å². The van der Waals surface area contributed by atoms with Crippen LogP contribution >= 0.6 is 7.82 Å². The Bertz CT molecular complexity index is 1840. The molecule has 0 rings (SSSR count). The quantitative estimate of drug-likeness (QED) is 0.0211. The van der Waals surface area contributed by atoms with E-state index in [0.717, 1.165) is 141 Å². The second kappa shape index (κ2) is 58.5. The van der Waals surface area contributed by atoms with Gasteiger partial charge in [0.1, 0.15) is 19.8 Å². The predicted molar refractivity (Wildman–Crippen MR) is 339 cm³/mol. The van der Waals surface area contributed by atoms with E-state index >= 15 is 0 Å². The Morgan fingerprint density at radius 3 is 1.08 bits per heavy atom. The smallest absolute Gasteiger partial charge is 0.462 e. The Kier molecular flexibility index (Phi) is 55.5. The van der Waals surface area contributed by atoms with Crippen LogP contribution in [0.2, 0.25) is 0 Å². The Morgan fingerprint density at radius 2 is 0.722 bits per heavy atom. The third-order valence-electron chi connectivity index (χ3n) is 12.6. The topological polar surface area (TPSA) is 108 Å². The summed E-state index contributed by atoms with van der Waals surface area (Å²) in [5.41, 5.74) is 0. The van der Waals surface area contributed by atoms with Crippen LogP contribution in [-0.2, 0) is 32.7 Å². The molecule has 0 aromatic rings. The van der Waals surface area contributed by atoms with E-state index in [1.54, 1.807) is 0 Å². The first kappa shape index (κ1) is 74.9. The standard InChI is InChI=1S/C69H114NO8P/c1-6-8-10-12-14-16-18-20-22-24-26-27-28-29-30-31-32-33-34-35-36-37-38-39-40-41-42-43-44-46-48-50-52-54-56-58-60-62-69(72)78-67(66-77-79(73,74)76-64-63-70(3,4)5)65-75-68(71)61-59-57-55-53-51-49-47-45-25-23-21-19-17-15-13-11-9-7-2/h8,10,14,16-17,19-20,22-23,25-27,29-30,32-33,35-36,38-39,41-42,44,46,67H,6-7,9,11-13,15,18,21,24,28,31,34,37,40,43,45,47-66H2,1-5H3/p+1/b10-8-,16-14-,19-17-,22-20-,25-23-,27-26-,30-29-,33-32-,36-35-,39-38-,42-41-,46-44-. The Hall–Kier alpha value is -4.11. The number of phosphoric acid groups is 1. The van der Waals surface area contributed by atoms with E-state index in [1.807, 2.05) is 21.1 Å². The molecule has 0 aliphatic heterocycles. The Morgan fingerprint density at radius 1 is 0.405 bits per heavy atom. The zero-order chi connectivity index (χ0) is 57.7. The lowest BCUT2D eigenvalue weighted by atomic mass is 10.1. The fourth-order valence-corrected chi connectivity index (χ4v) is 8.58. The summed E-state index contributed by atoms with van der Waals surface area (Å²) < 4.78 is 34.6. The highest BCUT2D eigenvalue weighted by Gasteiger charge is 2.27. The summed E-state index contributed by atoms with van der Waals surface area (Å²) in [5, 5.41) is 0. The van der Waals surface area contributed by atoms with Crippen molar-refractivity contribution in [1.82, 2.24) is 0 Å². The number of rotatable bonds is 55. The number of likely N-dealkylation sites (N-methyl/N-ethyl adjacent to an activating group) is 1. The highest BCUT2D eigenvalue weighted by molar-refractivity contribution is 7.47. The average molecular weight is 1120 g/mol. The molecule has 0 bridgehead atoms. The number of esters is 2. The van der Waals surface area contributed by atoms with Gasteiger partial charge in [0.15, 0.2) is 6.10 Å². The molecule has 0 fully saturated rings. The zero-order valence-electron chi connectivity index (χ0n) is 50.8. The maximum absolute atomic E-state index is 12.8. The van der Waals surface area contributed by atoms with Crippen LogP contribution in [0.1, 0.15) is 226 Å². The van der Waals surface area contributed by atoms with E-state index in [0.29, 0.717) is 17.4 Å². The van der Waals surface area contributed by atoms with Crippen molar-refractivity contribution in [2.45, 2.75) is 232 Å². The molecule has 0 saturated carbocycles. The molecule has 0 aliphatic carbocycles. The van der Waals surface area contributed by atoms with Crippen LogP contribution in [-0.4, -0.2) is 74.9 Å². The molecule has 2 atom stereocenters. The molecule has 1 N–H and O–H groups in total. The van der Waals surface area contributed by atoms with Gasteiger partial charge in [0.2, 0.25) is 0 Å². The molecule has 0 aliphatic rings. The lowest BCUT2D eigenvalue weighted by molar-refractivity contribution is -0.870. The molecule has 10 heteroatoms. The van der Waals surface area contributed by atoms with E-state index in [4.69, 9.17) is 18.5 Å². The van der Waals surface area contributed by atoms with E-state index in [9.17, 15) is 19.0 Å². The first-order chi connectivity index (χ1) is 38.5. The van der Waals surface area contributed by atoms with Crippen LogP contribution in [0.5, 0.6) is 0 Å². The normalized spacial score (nSPS) is 14.3. The van der Waals surface area contributed by atoms with Gasteiger partial charge < -0.3 is 18.9 Å². The molecule has 0 radical (unpaired) electrons. The van der Waals surface area contributed by atoms with Gasteiger partial charge >= 0.3 is 19.8 Å². The van der Waals surface area contributed by atoms with Gasteiger partial charge in [-0.3, -0.25) is 18.6 Å². The molecule has 0 aromatic carbocycles. The number of allylic oxidation sites excluding steroid dienone is 24. The number of hydrogen-bond donors (Lipinski definition) is 1. The maximum Gasteiger partial charge on any atom is 0.472 e. The van der Waals surface area contributed by atoms with Crippen LogP contribution in [0.4, 0.5) is 0 Å². The molecule has 0 amide bonds. The molecule has 79 heavy (non-hydrogen) atoms. The van der Waals surface area contributed by atoms with Crippen LogP contribution in [0.3, 0.4) is 0 Å². The van der Waals surface area contributed by atoms with Crippen molar-refractivity contribution in [3.8, 4) is 0 Å². The zero-order valence-corrected chi connectivity index (χ0v) is 51.7. The maximum atomic E-state index is 12.8. The molecule has 448 valence electrons. The molecule has 0 spiro atoms. The number of phosphoric ester groups is 1. The third kappa shape index (κ3) is 62.9. The molecular weight excluding hydrogens is 1000 g/mol. The van der Waals surface area contributed by atoms with Crippen LogP contribution in [0.25, 0.3) is 0 Å². The van der Waals surface area contributed by atoms with Crippen molar-refractivity contribution in [2.75, 3.05) is 47.5 Å². The van der Waals surface area contributed by atoms with E-state index in [1.165, 1.54) is 51.4 Å². The van der Waals surface area contributed by atoms with Crippen molar-refractivity contribution < 1.29 is 42.1 Å². The van der Waals surface area contributed by atoms with Gasteiger partial charge in [-0.05, 0) is 122 Å². The molecule has 0 heterocycles. The number of carbonyl (C=O) groups excluding carboxylic acids is 2. The molecule has 0 aromatic heterocycles. The fourth-order valence-electron chi connectivity index (χ4n) is 7.84. The first-order valence-corrected chi connectivity index (χ1v) is 32.6. The van der Waals surface area contributed by atoms with Gasteiger partial charge in [0.05, 0.1) is 27.7 Å². The fraction of sp³-hybridized carbons (Fsp3) is 0.623. The summed E-state index contributed by atoms with van der Waals surface area (Å²) in [4.78, 5) is 35.7. The minimum Gasteiger partial charge on any atom is -0.462 e. The van der Waals surface area contributed by atoms with Gasteiger partial charge in [-0.25, -0.2) is 4.57 Å². The monoisotopic (exact) mass is 1120 g/mol. The van der Waals surface area contributed by atoms with Crippen molar-refractivity contribution in [3.05, 3.63) is 146 Å². The van der Waals surface area contributed by atoms with Crippen molar-refractivity contribution >= 4 is 19.8 Å². The lowest BCUT2D eigenvalue weighted by Crippen LogP contribution is -2.37. The SMILES string of the molecule is CC/C=C\C/C=C\C/C=C\C/C=C\C/C=C\C/C=C\C/C=C\C/C=C\C/C=C\C/C=C\CCCCCCCCC(=O)OC(COC(=O)CCCCCCCCC/C=C\C/C=C\CCCCCC)COP(=O)(O)OCC[N+](C)(C)C. The van der Waals surface area contributed by atoms with Gasteiger partial charge in [-0.2, -0.15) is 0 Å². The molecule has 9 nitrogen and oxygen atoms in total. The summed E-state index contributed by atoms with van der Waals surface area (Å²) >= 11 is 0. The highest BCUT2D eigenvalue weighted by atomic mass is 31.2. The number of carbonyl (C=O) groups is 2. The highest BCUT2D eigenvalue weighted by Crippen LogP contribution is 2.43. The van der Waals surface area contributed by atoms with Gasteiger partial charge in [0, 0.05) is 12.8 Å². The van der Waals surface area contributed by atoms with Gasteiger partial charge in [0.25, 0.3) is 0 Å². The minimum atomic E-state index is -4.40. The molecule has 2 unspecified atom stereocenters. The number of unbranched alkanes of at least 4 members (excludes halogenated alkanes) is 17. The second-order valence-electron chi connectivity index (χ2n) is 21.4. The Labute approximate surface area is 484 Å². The summed E-state index contributed by atoms with van der Waals surface area (Å²) in [5.74, 6) is -0.833. The van der Waals surface area contributed by atoms with E-state index < -0.39 is 26.5 Å². The van der Waals surface area contributed by atoms with E-state index in [2.05, 4.69) is 160 Å². The number of ether oxygens (including phenoxy) is 2. The average Bonchev–Trinajstić information content (AvgIpc) is 3.41. The molecule has 0 saturated heterocycles. The number of quaternary nitrogens is 1. The van der Waals surface area contributed by atoms with Crippen molar-refractivity contribution in [1.29, 1.82) is 0 Å². The first-order valence-electron chi connectivity index (χ1n) is 31.1. The number of hydrogen-bond acceptors (Lipinski definition) is 7. The van der Waals surface area contributed by atoms with Crippen molar-refractivity contribution in [2.24, 2.45) is 0 Å². The number of nitrogens with zero attached hydrogens (tertiary/aromatic N) is 1. The summed E-state index contributed by atoms with van der Waals surface area (Å²) in [6.45, 7) is 4.26. The largest absolute Gasteiger partial charge is 0.472 e. The van der Waals surface area contributed by atoms with Gasteiger partial charge in [-0.15, -0.1) is 0 Å². The lowest BCUT2D eigenvalue weighted by Gasteiger charge is -2.24. The van der Waals surface area contributed by atoms with Gasteiger partial charge in [-0.1, -0.05) is 237 Å². The molecular formula is C69H115NO8P+. The van der Waals surface area contributed by atoms with Crippen LogP contribution in [0, 0.1) is 0 Å². The third-order valence-corrected chi connectivity index (χ3v) is 13.6. The van der Waals surface area contributed by atoms with Crippen LogP contribution in [0.15, 0.2) is 146 Å². The summed E-state index contributed by atoms with van der Waals surface area (Å²) in [6.07, 6.45) is 86.3. The predicted octanol–water partition coefficient (Wildman–Crippen LogP) is 19.9. The van der Waals surface area contributed by atoms with Crippen LogP contribution < -0.4 is 0 Å². The summed E-state index contributed by atoms with van der Waals surface area (Å²) in [6, 6.07) is 0. The minimum absolute atomic E-state index is 0.0194.